The Bertz CT molecular complexity index is 1100. The first-order valence-electron chi connectivity index (χ1n) is 8.44. The molecule has 6 heteroatoms. The van der Waals surface area contributed by atoms with Gasteiger partial charge in [-0.1, -0.05) is 23.8 Å². The Morgan fingerprint density at radius 2 is 2.00 bits per heavy atom. The SMILES string of the molecule is Cc1ccc(F)c(C(C)OC(=O)c2ccc(-c3nc4ccccc4s3)o2)c1. The monoisotopic (exact) mass is 381 g/mol. The fourth-order valence-corrected chi connectivity index (χ4v) is 3.72. The lowest BCUT2D eigenvalue weighted by atomic mass is 10.1. The number of aromatic nitrogens is 1. The van der Waals surface area contributed by atoms with Crippen LogP contribution in [0, 0.1) is 12.7 Å². The molecule has 4 aromatic rings. The average Bonchev–Trinajstić information content (AvgIpc) is 3.30. The standard InChI is InChI=1S/C21H16FNO3S/c1-12-7-8-15(22)14(11-12)13(2)25-21(24)18-10-9-17(26-18)20-23-16-5-3-4-6-19(16)27-20/h3-11,13H,1-2H3. The Hall–Kier alpha value is -2.99. The van der Waals surface area contributed by atoms with Crippen LogP contribution in [-0.2, 0) is 4.74 Å². The zero-order chi connectivity index (χ0) is 19.0. The summed E-state index contributed by atoms with van der Waals surface area (Å²) in [5.41, 5.74) is 2.10. The molecule has 0 amide bonds. The van der Waals surface area contributed by atoms with Crippen LogP contribution in [0.15, 0.2) is 59.0 Å². The molecule has 0 spiro atoms. The van der Waals surface area contributed by atoms with Crippen LogP contribution in [0.1, 0.15) is 34.7 Å². The van der Waals surface area contributed by atoms with E-state index in [-0.39, 0.29) is 5.76 Å². The summed E-state index contributed by atoms with van der Waals surface area (Å²) in [5.74, 6) is -0.493. The molecule has 0 aliphatic heterocycles. The van der Waals surface area contributed by atoms with Gasteiger partial charge in [0.15, 0.2) is 10.8 Å². The van der Waals surface area contributed by atoms with E-state index >= 15 is 0 Å². The summed E-state index contributed by atoms with van der Waals surface area (Å²) in [5, 5.41) is 0.688. The highest BCUT2D eigenvalue weighted by molar-refractivity contribution is 7.21. The van der Waals surface area contributed by atoms with Crippen molar-refractivity contribution in [2.24, 2.45) is 0 Å². The van der Waals surface area contributed by atoms with E-state index in [0.717, 1.165) is 15.8 Å². The minimum atomic E-state index is -0.728. The normalized spacial score (nSPS) is 12.3. The van der Waals surface area contributed by atoms with Crippen LogP contribution in [0.2, 0.25) is 0 Å². The van der Waals surface area contributed by atoms with Crippen LogP contribution in [0.4, 0.5) is 4.39 Å². The molecular weight excluding hydrogens is 365 g/mol. The van der Waals surface area contributed by atoms with Gasteiger partial charge in [-0.05, 0) is 50.2 Å². The molecule has 0 N–H and O–H groups in total. The molecule has 4 rings (SSSR count). The van der Waals surface area contributed by atoms with Crippen LogP contribution in [0.3, 0.4) is 0 Å². The molecule has 0 saturated carbocycles. The van der Waals surface area contributed by atoms with Crippen molar-refractivity contribution >= 4 is 27.5 Å². The maximum atomic E-state index is 14.0. The summed E-state index contributed by atoms with van der Waals surface area (Å²) in [6.07, 6.45) is -0.728. The van der Waals surface area contributed by atoms with Crippen molar-refractivity contribution in [2.45, 2.75) is 20.0 Å². The highest BCUT2D eigenvalue weighted by Crippen LogP contribution is 2.31. The zero-order valence-electron chi connectivity index (χ0n) is 14.7. The lowest BCUT2D eigenvalue weighted by Crippen LogP contribution is -2.10. The van der Waals surface area contributed by atoms with Gasteiger partial charge in [-0.25, -0.2) is 14.2 Å². The number of hydrogen-bond acceptors (Lipinski definition) is 5. The second-order valence-electron chi connectivity index (χ2n) is 6.22. The number of thiazole rings is 1. The van der Waals surface area contributed by atoms with Gasteiger partial charge in [0, 0.05) is 5.56 Å². The first kappa shape index (κ1) is 17.4. The van der Waals surface area contributed by atoms with Gasteiger partial charge < -0.3 is 9.15 Å². The van der Waals surface area contributed by atoms with E-state index in [4.69, 9.17) is 9.15 Å². The summed E-state index contributed by atoms with van der Waals surface area (Å²) in [6, 6.07) is 15.7. The first-order valence-corrected chi connectivity index (χ1v) is 9.26. The molecule has 4 nitrogen and oxygen atoms in total. The molecule has 0 bridgehead atoms. The molecular formula is C21H16FNO3S. The van der Waals surface area contributed by atoms with Gasteiger partial charge >= 0.3 is 5.97 Å². The number of para-hydroxylation sites is 1. The van der Waals surface area contributed by atoms with Gasteiger partial charge in [0.2, 0.25) is 5.76 Å². The van der Waals surface area contributed by atoms with E-state index in [0.29, 0.717) is 16.3 Å². The maximum Gasteiger partial charge on any atom is 0.374 e. The molecule has 27 heavy (non-hydrogen) atoms. The number of benzene rings is 2. The van der Waals surface area contributed by atoms with Crippen molar-refractivity contribution in [1.82, 2.24) is 4.98 Å². The molecule has 0 radical (unpaired) electrons. The molecule has 2 heterocycles. The molecule has 0 aliphatic rings. The Labute approximate surface area is 159 Å². The Morgan fingerprint density at radius 3 is 2.81 bits per heavy atom. The molecule has 0 fully saturated rings. The number of fused-ring (bicyclic) bond motifs is 1. The van der Waals surface area contributed by atoms with Crippen LogP contribution in [-0.4, -0.2) is 11.0 Å². The molecule has 2 aromatic heterocycles. The van der Waals surface area contributed by atoms with Gasteiger partial charge in [0.1, 0.15) is 11.9 Å². The van der Waals surface area contributed by atoms with Gasteiger partial charge in [-0.15, -0.1) is 11.3 Å². The van der Waals surface area contributed by atoms with Gasteiger partial charge in [-0.2, -0.15) is 0 Å². The lowest BCUT2D eigenvalue weighted by Gasteiger charge is -2.14. The second-order valence-corrected chi connectivity index (χ2v) is 7.25. The number of ether oxygens (including phenoxy) is 1. The number of carbonyl (C=O) groups is 1. The van der Waals surface area contributed by atoms with Crippen molar-refractivity contribution in [3.8, 4) is 10.8 Å². The van der Waals surface area contributed by atoms with Crippen molar-refractivity contribution in [3.63, 3.8) is 0 Å². The van der Waals surface area contributed by atoms with Crippen LogP contribution in [0.5, 0.6) is 0 Å². The summed E-state index contributed by atoms with van der Waals surface area (Å²) < 4.78 is 26.0. The molecule has 1 atom stereocenters. The topological polar surface area (TPSA) is 52.3 Å². The fourth-order valence-electron chi connectivity index (χ4n) is 2.80. The van der Waals surface area contributed by atoms with Crippen molar-refractivity contribution in [1.29, 1.82) is 0 Å². The summed E-state index contributed by atoms with van der Waals surface area (Å²) in [6.45, 7) is 3.49. The van der Waals surface area contributed by atoms with Crippen LogP contribution < -0.4 is 0 Å². The average molecular weight is 381 g/mol. The number of aryl methyl sites for hydroxylation is 1. The molecule has 136 valence electrons. The predicted octanol–water partition coefficient (Wildman–Crippen LogP) is 5.92. The number of halogens is 1. The zero-order valence-corrected chi connectivity index (χ0v) is 15.5. The third-order valence-corrected chi connectivity index (χ3v) is 5.24. The number of esters is 1. The number of carbonyl (C=O) groups excluding carboxylic acids is 1. The quantitative estimate of drug-likeness (QED) is 0.412. The smallest absolute Gasteiger partial charge is 0.374 e. The summed E-state index contributed by atoms with van der Waals surface area (Å²) in [7, 11) is 0. The van der Waals surface area contributed by atoms with Crippen molar-refractivity contribution < 1.29 is 18.3 Å². The fraction of sp³-hybridized carbons (Fsp3) is 0.143. The third kappa shape index (κ3) is 3.48. The van der Waals surface area contributed by atoms with Crippen molar-refractivity contribution in [2.75, 3.05) is 0 Å². The van der Waals surface area contributed by atoms with Gasteiger partial charge in [0.25, 0.3) is 0 Å². The Kier molecular flexibility index (Phi) is 4.49. The number of hydrogen-bond donors (Lipinski definition) is 0. The highest BCUT2D eigenvalue weighted by Gasteiger charge is 2.21. The third-order valence-electron chi connectivity index (χ3n) is 4.19. The minimum absolute atomic E-state index is 0.0594. The summed E-state index contributed by atoms with van der Waals surface area (Å²) in [4.78, 5) is 16.9. The molecule has 1 unspecified atom stereocenters. The van der Waals surface area contributed by atoms with Crippen molar-refractivity contribution in [3.05, 3.63) is 77.3 Å². The molecule has 0 aliphatic carbocycles. The Balaban J connectivity index is 1.54. The van der Waals surface area contributed by atoms with E-state index in [9.17, 15) is 9.18 Å². The van der Waals surface area contributed by atoms with E-state index in [1.165, 1.54) is 17.4 Å². The van der Waals surface area contributed by atoms with E-state index < -0.39 is 17.9 Å². The first-order chi connectivity index (χ1) is 13.0. The number of rotatable bonds is 4. The van der Waals surface area contributed by atoms with Crippen LogP contribution in [0.25, 0.3) is 21.0 Å². The summed E-state index contributed by atoms with van der Waals surface area (Å²) >= 11 is 1.48. The van der Waals surface area contributed by atoms with E-state index in [1.54, 1.807) is 31.2 Å². The van der Waals surface area contributed by atoms with Gasteiger partial charge in [0.05, 0.1) is 10.2 Å². The predicted molar refractivity (Wildman–Crippen MR) is 102 cm³/mol. The van der Waals surface area contributed by atoms with E-state index in [2.05, 4.69) is 4.98 Å². The maximum absolute atomic E-state index is 14.0. The lowest BCUT2D eigenvalue weighted by molar-refractivity contribution is 0.0296. The largest absolute Gasteiger partial charge is 0.452 e. The number of nitrogens with zero attached hydrogens (tertiary/aromatic N) is 1. The minimum Gasteiger partial charge on any atom is -0.452 e. The molecule has 0 saturated heterocycles. The second kappa shape index (κ2) is 6.96. The van der Waals surface area contributed by atoms with Crippen LogP contribution >= 0.6 is 11.3 Å². The molecule has 2 aromatic carbocycles. The highest BCUT2D eigenvalue weighted by atomic mass is 32.1. The van der Waals surface area contributed by atoms with E-state index in [1.807, 2.05) is 31.2 Å². The Morgan fingerprint density at radius 1 is 1.19 bits per heavy atom. The van der Waals surface area contributed by atoms with Gasteiger partial charge in [-0.3, -0.25) is 0 Å². The number of furan rings is 1.